The molecule has 1 aromatic carbocycles. The van der Waals surface area contributed by atoms with E-state index in [9.17, 15) is 27.2 Å². The van der Waals surface area contributed by atoms with E-state index in [4.69, 9.17) is 4.74 Å². The van der Waals surface area contributed by atoms with Crippen molar-refractivity contribution in [2.45, 2.75) is 65.8 Å². The average molecular weight is 418 g/mol. The van der Waals surface area contributed by atoms with Gasteiger partial charge in [-0.05, 0) is 20.8 Å². The molecule has 1 heterocycles. The summed E-state index contributed by atoms with van der Waals surface area (Å²) in [6.07, 6.45) is -2.39. The first kappa shape index (κ1) is 23.0. The minimum atomic E-state index is -1.59. The van der Waals surface area contributed by atoms with Crippen molar-refractivity contribution in [2.24, 2.45) is 5.41 Å². The third-order valence-corrected chi connectivity index (χ3v) is 4.58. The largest absolute Gasteiger partial charge is 0.444 e. The number of halogens is 4. The lowest BCUT2D eigenvalue weighted by Crippen LogP contribution is -2.52. The van der Waals surface area contributed by atoms with Crippen molar-refractivity contribution in [1.82, 2.24) is 9.80 Å². The Balaban J connectivity index is 2.56. The standard InChI is InChI=1S/C20H26F4N2O3/c1-19(2,3)17-25(7)16(27)13(26(17)18(28)29-20(4,5)6)8-10-14(23)11(21)9-12(22)15(10)24/h9,13,17H,8H2,1-7H3/t13-,17-/m0/s1. The quantitative estimate of drug-likeness (QED) is 0.533. The number of amides is 2. The molecule has 1 aliphatic heterocycles. The Bertz CT molecular complexity index is 804. The van der Waals surface area contributed by atoms with Gasteiger partial charge in [0.2, 0.25) is 5.91 Å². The second-order valence-electron chi connectivity index (χ2n) is 9.24. The summed E-state index contributed by atoms with van der Waals surface area (Å²) in [7, 11) is 1.45. The molecule has 5 nitrogen and oxygen atoms in total. The third-order valence-electron chi connectivity index (χ3n) is 4.58. The maximum absolute atomic E-state index is 14.2. The molecule has 0 spiro atoms. The highest BCUT2D eigenvalue weighted by atomic mass is 19.2. The Morgan fingerprint density at radius 2 is 1.52 bits per heavy atom. The fourth-order valence-electron chi connectivity index (χ4n) is 3.55. The molecular weight excluding hydrogens is 392 g/mol. The van der Waals surface area contributed by atoms with Crippen molar-refractivity contribution in [1.29, 1.82) is 0 Å². The first-order chi connectivity index (χ1) is 13.1. The molecule has 0 aromatic heterocycles. The van der Waals surface area contributed by atoms with Gasteiger partial charge in [-0.3, -0.25) is 9.69 Å². The van der Waals surface area contributed by atoms with E-state index in [1.807, 2.05) is 0 Å². The second-order valence-corrected chi connectivity index (χ2v) is 9.24. The summed E-state index contributed by atoms with van der Waals surface area (Å²) in [5.74, 6) is -6.95. The molecule has 9 heteroatoms. The number of carbonyl (C=O) groups excluding carboxylic acids is 2. The van der Waals surface area contributed by atoms with Gasteiger partial charge in [0.05, 0.1) is 0 Å². The van der Waals surface area contributed by atoms with Gasteiger partial charge in [0.25, 0.3) is 0 Å². The molecule has 2 rings (SSSR count). The summed E-state index contributed by atoms with van der Waals surface area (Å²) in [5.41, 5.74) is -2.46. The Morgan fingerprint density at radius 1 is 1.03 bits per heavy atom. The van der Waals surface area contributed by atoms with Gasteiger partial charge >= 0.3 is 6.09 Å². The first-order valence-corrected chi connectivity index (χ1v) is 9.16. The molecule has 2 amide bonds. The Labute approximate surface area is 167 Å². The normalized spacial score (nSPS) is 20.4. The molecule has 2 atom stereocenters. The minimum absolute atomic E-state index is 0.0976. The number of carbonyl (C=O) groups is 2. The van der Waals surface area contributed by atoms with Gasteiger partial charge in [0.15, 0.2) is 23.3 Å². The van der Waals surface area contributed by atoms with Crippen LogP contribution in [-0.2, 0) is 16.0 Å². The number of likely N-dealkylation sites (N-methyl/N-ethyl adjacent to an activating group) is 1. The zero-order chi connectivity index (χ0) is 22.5. The van der Waals surface area contributed by atoms with Crippen LogP contribution in [-0.4, -0.2) is 46.7 Å². The molecule has 1 aliphatic rings. The van der Waals surface area contributed by atoms with Gasteiger partial charge in [0.1, 0.15) is 17.8 Å². The van der Waals surface area contributed by atoms with Crippen molar-refractivity contribution in [3.8, 4) is 0 Å². The number of nitrogens with zero attached hydrogens (tertiary/aromatic N) is 2. The minimum Gasteiger partial charge on any atom is -0.444 e. The van der Waals surface area contributed by atoms with E-state index in [1.165, 1.54) is 11.9 Å². The van der Waals surface area contributed by atoms with Crippen molar-refractivity contribution in [3.63, 3.8) is 0 Å². The molecule has 0 unspecified atom stereocenters. The molecule has 1 aromatic rings. The molecule has 162 valence electrons. The van der Waals surface area contributed by atoms with Gasteiger partial charge < -0.3 is 9.64 Å². The number of hydrogen-bond donors (Lipinski definition) is 0. The Morgan fingerprint density at radius 3 is 1.93 bits per heavy atom. The van der Waals surface area contributed by atoms with Crippen molar-refractivity contribution >= 4 is 12.0 Å². The van der Waals surface area contributed by atoms with E-state index >= 15 is 0 Å². The maximum atomic E-state index is 14.2. The summed E-state index contributed by atoms with van der Waals surface area (Å²) in [6, 6.07) is -1.29. The fraction of sp³-hybridized carbons (Fsp3) is 0.600. The van der Waals surface area contributed by atoms with Crippen LogP contribution < -0.4 is 0 Å². The van der Waals surface area contributed by atoms with Crippen molar-refractivity contribution < 1.29 is 31.9 Å². The summed E-state index contributed by atoms with van der Waals surface area (Å²) in [5, 5.41) is 0. The molecule has 0 radical (unpaired) electrons. The van der Waals surface area contributed by atoms with E-state index in [1.54, 1.807) is 41.5 Å². The number of hydrogen-bond acceptors (Lipinski definition) is 3. The molecule has 0 bridgehead atoms. The highest BCUT2D eigenvalue weighted by Gasteiger charge is 2.52. The zero-order valence-electron chi connectivity index (χ0n) is 17.6. The van der Waals surface area contributed by atoms with Crippen LogP contribution in [0.25, 0.3) is 0 Å². The topological polar surface area (TPSA) is 49.9 Å². The van der Waals surface area contributed by atoms with Gasteiger partial charge in [-0.25, -0.2) is 22.4 Å². The lowest BCUT2D eigenvalue weighted by atomic mass is 9.91. The lowest BCUT2D eigenvalue weighted by molar-refractivity contribution is -0.129. The van der Waals surface area contributed by atoms with Gasteiger partial charge in [-0.1, -0.05) is 20.8 Å². The summed E-state index contributed by atoms with van der Waals surface area (Å²) in [4.78, 5) is 28.2. The molecule has 0 saturated carbocycles. The first-order valence-electron chi connectivity index (χ1n) is 9.16. The van der Waals surface area contributed by atoms with Gasteiger partial charge in [-0.15, -0.1) is 0 Å². The highest BCUT2D eigenvalue weighted by molar-refractivity contribution is 5.89. The highest BCUT2D eigenvalue weighted by Crippen LogP contribution is 2.37. The molecule has 1 fully saturated rings. The monoisotopic (exact) mass is 418 g/mol. The summed E-state index contributed by atoms with van der Waals surface area (Å²) >= 11 is 0. The number of rotatable bonds is 2. The van der Waals surface area contributed by atoms with Gasteiger partial charge in [-0.2, -0.15) is 0 Å². The molecule has 1 saturated heterocycles. The Hall–Kier alpha value is -2.32. The van der Waals surface area contributed by atoms with Crippen LogP contribution in [0, 0.1) is 28.7 Å². The summed E-state index contributed by atoms with van der Waals surface area (Å²) < 4.78 is 61.1. The lowest BCUT2D eigenvalue weighted by Gasteiger charge is -2.39. The van der Waals surface area contributed by atoms with E-state index in [0.29, 0.717) is 0 Å². The predicted molar refractivity (Wildman–Crippen MR) is 97.9 cm³/mol. The van der Waals surface area contributed by atoms with Gasteiger partial charge in [0, 0.05) is 30.5 Å². The van der Waals surface area contributed by atoms with E-state index < -0.39 is 70.5 Å². The van der Waals surface area contributed by atoms with Crippen LogP contribution in [0.4, 0.5) is 22.4 Å². The predicted octanol–water partition coefficient (Wildman–Crippen LogP) is 4.24. The Kier molecular flexibility index (Phi) is 5.94. The SMILES string of the molecule is CN1C(=O)[C@H](Cc2c(F)c(F)cc(F)c2F)N(C(=O)OC(C)(C)C)[C@H]1C(C)(C)C. The second kappa shape index (κ2) is 7.50. The van der Waals surface area contributed by atoms with Crippen molar-refractivity contribution in [3.05, 3.63) is 34.9 Å². The van der Waals surface area contributed by atoms with Crippen LogP contribution in [0.15, 0.2) is 6.07 Å². The zero-order valence-corrected chi connectivity index (χ0v) is 17.6. The third kappa shape index (κ3) is 4.48. The van der Waals surface area contributed by atoms with Crippen LogP contribution >= 0.6 is 0 Å². The molecule has 29 heavy (non-hydrogen) atoms. The van der Waals surface area contributed by atoms with E-state index in [2.05, 4.69) is 0 Å². The van der Waals surface area contributed by atoms with E-state index in [0.717, 1.165) is 4.90 Å². The van der Waals surface area contributed by atoms with Crippen molar-refractivity contribution in [2.75, 3.05) is 7.05 Å². The molecule has 0 N–H and O–H groups in total. The number of benzene rings is 1. The van der Waals surface area contributed by atoms with Crippen LogP contribution in [0.2, 0.25) is 0 Å². The number of ether oxygens (including phenoxy) is 1. The smallest absolute Gasteiger partial charge is 0.412 e. The summed E-state index contributed by atoms with van der Waals surface area (Å²) in [6.45, 7) is 10.2. The molecule has 0 aliphatic carbocycles. The van der Waals surface area contributed by atoms with Crippen LogP contribution in [0.1, 0.15) is 47.1 Å². The van der Waals surface area contributed by atoms with Crippen LogP contribution in [0.5, 0.6) is 0 Å². The maximum Gasteiger partial charge on any atom is 0.412 e. The average Bonchev–Trinajstić information content (AvgIpc) is 2.80. The van der Waals surface area contributed by atoms with Crippen LogP contribution in [0.3, 0.4) is 0 Å². The van der Waals surface area contributed by atoms with E-state index in [-0.39, 0.29) is 6.07 Å². The molecular formula is C20H26F4N2O3. The fourth-order valence-corrected chi connectivity index (χ4v) is 3.55.